The van der Waals surface area contributed by atoms with E-state index >= 15 is 0 Å². The molecule has 0 heterocycles. The van der Waals surface area contributed by atoms with Gasteiger partial charge in [-0.25, -0.2) is 4.39 Å². The summed E-state index contributed by atoms with van der Waals surface area (Å²) in [5.41, 5.74) is 0.785. The van der Waals surface area contributed by atoms with Crippen molar-refractivity contribution in [2.24, 2.45) is 0 Å². The highest BCUT2D eigenvalue weighted by molar-refractivity contribution is 5.33. The molecule has 0 aliphatic carbocycles. The molecular formula is C12H17FO3. The van der Waals surface area contributed by atoms with Crippen molar-refractivity contribution in [3.63, 3.8) is 0 Å². The normalized spacial score (nSPS) is 12.5. The Labute approximate surface area is 94.5 Å². The van der Waals surface area contributed by atoms with Crippen LogP contribution in [-0.2, 0) is 6.42 Å². The van der Waals surface area contributed by atoms with Gasteiger partial charge in [0.15, 0.2) is 0 Å². The van der Waals surface area contributed by atoms with Gasteiger partial charge in [-0.3, -0.25) is 0 Å². The number of hydrogen-bond acceptors (Lipinski definition) is 3. The molecule has 0 amide bonds. The van der Waals surface area contributed by atoms with Gasteiger partial charge in [-0.05, 0) is 43.0 Å². The van der Waals surface area contributed by atoms with Gasteiger partial charge in [0.25, 0.3) is 0 Å². The molecule has 1 aromatic carbocycles. The van der Waals surface area contributed by atoms with Gasteiger partial charge in [-0.2, -0.15) is 0 Å². The predicted molar refractivity (Wildman–Crippen MR) is 59.0 cm³/mol. The number of rotatable bonds is 6. The first-order valence-electron chi connectivity index (χ1n) is 5.28. The highest BCUT2D eigenvalue weighted by Gasteiger charge is 2.06. The van der Waals surface area contributed by atoms with Crippen LogP contribution in [0.15, 0.2) is 18.2 Å². The zero-order valence-electron chi connectivity index (χ0n) is 9.32. The quantitative estimate of drug-likeness (QED) is 0.776. The number of hydrogen-bond donors (Lipinski definition) is 2. The fourth-order valence-electron chi connectivity index (χ4n) is 1.56. The number of aliphatic hydroxyl groups excluding tert-OH is 2. The second-order valence-corrected chi connectivity index (χ2v) is 3.68. The summed E-state index contributed by atoms with van der Waals surface area (Å²) in [6.07, 6.45) is 1.11. The minimum atomic E-state index is -0.695. The first-order chi connectivity index (χ1) is 7.67. The topological polar surface area (TPSA) is 49.7 Å². The van der Waals surface area contributed by atoms with E-state index < -0.39 is 6.10 Å². The molecule has 0 aliphatic heterocycles. The molecule has 3 nitrogen and oxygen atoms in total. The predicted octanol–water partition coefficient (Wildman–Crippen LogP) is 1.51. The average molecular weight is 228 g/mol. The van der Waals surface area contributed by atoms with Crippen LogP contribution < -0.4 is 4.74 Å². The molecule has 2 N–H and O–H groups in total. The lowest BCUT2D eigenvalue weighted by Gasteiger charge is -2.10. The molecule has 0 radical (unpaired) electrons. The Morgan fingerprint density at radius 3 is 2.81 bits per heavy atom. The lowest BCUT2D eigenvalue weighted by molar-refractivity contribution is 0.0867. The molecule has 90 valence electrons. The van der Waals surface area contributed by atoms with Gasteiger partial charge in [-0.1, -0.05) is 0 Å². The monoisotopic (exact) mass is 228 g/mol. The van der Waals surface area contributed by atoms with Crippen LogP contribution in [0.5, 0.6) is 5.75 Å². The van der Waals surface area contributed by atoms with Gasteiger partial charge in [0.05, 0.1) is 19.8 Å². The Balaban J connectivity index is 2.55. The van der Waals surface area contributed by atoms with E-state index in [9.17, 15) is 4.39 Å². The van der Waals surface area contributed by atoms with E-state index in [2.05, 4.69) is 0 Å². The summed E-state index contributed by atoms with van der Waals surface area (Å²) in [5.74, 6) is 0.360. The van der Waals surface area contributed by atoms with E-state index in [0.29, 0.717) is 25.0 Å². The van der Waals surface area contributed by atoms with Gasteiger partial charge < -0.3 is 14.9 Å². The number of benzene rings is 1. The Hall–Kier alpha value is -1.13. The van der Waals surface area contributed by atoms with Gasteiger partial charge >= 0.3 is 0 Å². The van der Waals surface area contributed by atoms with Crippen molar-refractivity contribution >= 4 is 0 Å². The van der Waals surface area contributed by atoms with Crippen LogP contribution >= 0.6 is 0 Å². The van der Waals surface area contributed by atoms with Crippen molar-refractivity contribution in [1.29, 1.82) is 0 Å². The summed E-state index contributed by atoms with van der Waals surface area (Å²) in [4.78, 5) is 0. The van der Waals surface area contributed by atoms with Gasteiger partial charge in [0.2, 0.25) is 0 Å². The van der Waals surface area contributed by atoms with Crippen molar-refractivity contribution in [1.82, 2.24) is 0 Å². The third kappa shape index (κ3) is 3.79. The number of aryl methyl sites for hydroxylation is 1. The standard InChI is InChI=1S/C12H17FO3/c1-16-12-6-5-10(13)7-9(12)3-2-4-11(15)8-14/h5-7,11,14-15H,2-4,8H2,1H3/t11-/m1/s1. The largest absolute Gasteiger partial charge is 0.496 e. The van der Waals surface area contributed by atoms with E-state index in [0.717, 1.165) is 5.56 Å². The second kappa shape index (κ2) is 6.45. The average Bonchev–Trinajstić information content (AvgIpc) is 2.29. The molecule has 0 fully saturated rings. The minimum Gasteiger partial charge on any atom is -0.496 e. The number of halogens is 1. The van der Waals surface area contributed by atoms with Crippen molar-refractivity contribution in [3.8, 4) is 5.75 Å². The van der Waals surface area contributed by atoms with E-state index in [1.165, 1.54) is 12.1 Å². The molecule has 0 bridgehead atoms. The van der Waals surface area contributed by atoms with Gasteiger partial charge in [0.1, 0.15) is 11.6 Å². The van der Waals surface area contributed by atoms with Crippen molar-refractivity contribution < 1.29 is 19.3 Å². The highest BCUT2D eigenvalue weighted by atomic mass is 19.1. The molecule has 4 heteroatoms. The number of aliphatic hydroxyl groups is 2. The van der Waals surface area contributed by atoms with Crippen molar-refractivity contribution in [2.75, 3.05) is 13.7 Å². The smallest absolute Gasteiger partial charge is 0.123 e. The summed E-state index contributed by atoms with van der Waals surface area (Å²) in [7, 11) is 1.54. The number of methoxy groups -OCH3 is 1. The van der Waals surface area contributed by atoms with Crippen LogP contribution in [0.4, 0.5) is 4.39 Å². The molecule has 0 unspecified atom stereocenters. The maximum atomic E-state index is 13.0. The Bertz CT molecular complexity index is 328. The van der Waals surface area contributed by atoms with Crippen molar-refractivity contribution in [3.05, 3.63) is 29.6 Å². The number of ether oxygens (including phenoxy) is 1. The van der Waals surface area contributed by atoms with E-state index in [1.54, 1.807) is 13.2 Å². The lowest BCUT2D eigenvalue weighted by Crippen LogP contribution is -2.11. The first kappa shape index (κ1) is 12.9. The third-order valence-corrected chi connectivity index (χ3v) is 2.44. The van der Waals surface area contributed by atoms with Crippen LogP contribution in [-0.4, -0.2) is 30.0 Å². The lowest BCUT2D eigenvalue weighted by atomic mass is 10.1. The minimum absolute atomic E-state index is 0.236. The fourth-order valence-corrected chi connectivity index (χ4v) is 1.56. The molecule has 0 saturated heterocycles. The van der Waals surface area contributed by atoms with Crippen LogP contribution in [0.1, 0.15) is 18.4 Å². The van der Waals surface area contributed by atoms with Crippen LogP contribution in [0.2, 0.25) is 0 Å². The summed E-state index contributed by atoms with van der Waals surface area (Å²) in [6, 6.07) is 4.38. The summed E-state index contributed by atoms with van der Waals surface area (Å²) >= 11 is 0. The van der Waals surface area contributed by atoms with Gasteiger partial charge in [0, 0.05) is 0 Å². The summed E-state index contributed by atoms with van der Waals surface area (Å²) in [5, 5.41) is 17.8. The maximum Gasteiger partial charge on any atom is 0.123 e. The Morgan fingerprint density at radius 2 is 2.19 bits per heavy atom. The molecular weight excluding hydrogens is 211 g/mol. The first-order valence-corrected chi connectivity index (χ1v) is 5.28. The van der Waals surface area contributed by atoms with Crippen LogP contribution in [0.3, 0.4) is 0 Å². The molecule has 0 aliphatic rings. The zero-order valence-corrected chi connectivity index (χ0v) is 9.32. The molecule has 0 saturated carbocycles. The summed E-state index contributed by atoms with van der Waals surface area (Å²) < 4.78 is 18.1. The molecule has 0 aromatic heterocycles. The van der Waals surface area contributed by atoms with E-state index in [4.69, 9.17) is 14.9 Å². The van der Waals surface area contributed by atoms with E-state index in [-0.39, 0.29) is 12.4 Å². The van der Waals surface area contributed by atoms with Crippen LogP contribution in [0, 0.1) is 5.82 Å². The maximum absolute atomic E-state index is 13.0. The molecule has 1 rings (SSSR count). The molecule has 16 heavy (non-hydrogen) atoms. The second-order valence-electron chi connectivity index (χ2n) is 3.68. The third-order valence-electron chi connectivity index (χ3n) is 2.44. The summed E-state index contributed by atoms with van der Waals surface area (Å²) in [6.45, 7) is -0.236. The molecule has 1 aromatic rings. The molecule has 0 spiro atoms. The van der Waals surface area contributed by atoms with E-state index in [1.807, 2.05) is 0 Å². The fraction of sp³-hybridized carbons (Fsp3) is 0.500. The molecule has 1 atom stereocenters. The van der Waals surface area contributed by atoms with Crippen molar-refractivity contribution in [2.45, 2.75) is 25.4 Å². The Kier molecular flexibility index (Phi) is 5.22. The van der Waals surface area contributed by atoms with Crippen LogP contribution in [0.25, 0.3) is 0 Å². The van der Waals surface area contributed by atoms with Gasteiger partial charge in [-0.15, -0.1) is 0 Å². The Morgan fingerprint density at radius 1 is 1.44 bits per heavy atom. The zero-order chi connectivity index (χ0) is 12.0. The SMILES string of the molecule is COc1ccc(F)cc1CCC[C@@H](O)CO. The highest BCUT2D eigenvalue weighted by Crippen LogP contribution is 2.21.